The van der Waals surface area contributed by atoms with Crippen molar-refractivity contribution in [2.24, 2.45) is 5.73 Å². The van der Waals surface area contributed by atoms with E-state index in [9.17, 15) is 4.79 Å². The summed E-state index contributed by atoms with van der Waals surface area (Å²) < 4.78 is 1.02. The summed E-state index contributed by atoms with van der Waals surface area (Å²) in [7, 11) is 1.82. The van der Waals surface area contributed by atoms with Crippen LogP contribution in [0.4, 0.5) is 11.4 Å². The molecule has 0 spiro atoms. The van der Waals surface area contributed by atoms with Gasteiger partial charge in [0.05, 0.1) is 17.9 Å². The van der Waals surface area contributed by atoms with Crippen molar-refractivity contribution in [3.63, 3.8) is 0 Å². The van der Waals surface area contributed by atoms with Gasteiger partial charge in [0.2, 0.25) is 5.91 Å². The van der Waals surface area contributed by atoms with Crippen molar-refractivity contribution in [3.05, 3.63) is 22.7 Å². The maximum Gasteiger partial charge on any atom is 0.246 e. The number of benzene rings is 1. The molecular weight excluding hydrogens is 294 g/mol. The number of amides is 1. The molecule has 98 valence electrons. The number of nitrogens with zero attached hydrogens (tertiary/aromatic N) is 2. The molecule has 0 saturated heterocycles. The summed E-state index contributed by atoms with van der Waals surface area (Å²) in [5, 5.41) is 0. The van der Waals surface area contributed by atoms with Crippen molar-refractivity contribution in [3.8, 4) is 0 Å². The molecule has 1 unspecified atom stereocenters. The molecule has 2 rings (SSSR count). The molecule has 0 saturated carbocycles. The standard InChI is InChI=1S/C13H18BrN3O/c1-9(15)5-6-17-8-13(18)16(2)11-4-3-10(14)7-12(11)17/h3-4,7,9H,5-6,8,15H2,1-2H3. The average Bonchev–Trinajstić information content (AvgIpc) is 2.31. The zero-order chi connectivity index (χ0) is 13.3. The predicted octanol–water partition coefficient (Wildman–Crippen LogP) is 1.97. The van der Waals surface area contributed by atoms with Gasteiger partial charge >= 0.3 is 0 Å². The lowest BCUT2D eigenvalue weighted by atomic mass is 10.1. The molecule has 0 fully saturated rings. The van der Waals surface area contributed by atoms with Crippen LogP contribution in [0.1, 0.15) is 13.3 Å². The Morgan fingerprint density at radius 1 is 1.44 bits per heavy atom. The third kappa shape index (κ3) is 2.67. The van der Waals surface area contributed by atoms with E-state index in [-0.39, 0.29) is 11.9 Å². The van der Waals surface area contributed by atoms with E-state index >= 15 is 0 Å². The lowest BCUT2D eigenvalue weighted by Crippen LogP contribution is -2.45. The topological polar surface area (TPSA) is 49.6 Å². The first-order chi connectivity index (χ1) is 8.49. The van der Waals surface area contributed by atoms with Gasteiger partial charge < -0.3 is 15.5 Å². The van der Waals surface area contributed by atoms with Crippen LogP contribution in [0.2, 0.25) is 0 Å². The molecule has 1 heterocycles. The largest absolute Gasteiger partial charge is 0.360 e. The van der Waals surface area contributed by atoms with Gasteiger partial charge in [-0.05, 0) is 31.5 Å². The van der Waals surface area contributed by atoms with Crippen molar-refractivity contribution < 1.29 is 4.79 Å². The highest BCUT2D eigenvalue weighted by atomic mass is 79.9. The van der Waals surface area contributed by atoms with Gasteiger partial charge in [-0.15, -0.1) is 0 Å². The van der Waals surface area contributed by atoms with Gasteiger partial charge in [0, 0.05) is 24.1 Å². The number of carbonyl (C=O) groups is 1. The Labute approximate surface area is 116 Å². The third-order valence-electron chi connectivity index (χ3n) is 3.19. The number of fused-ring (bicyclic) bond motifs is 1. The maximum absolute atomic E-state index is 11.9. The molecule has 0 aromatic heterocycles. The van der Waals surface area contributed by atoms with Crippen LogP contribution in [0, 0.1) is 0 Å². The Morgan fingerprint density at radius 2 is 2.17 bits per heavy atom. The number of nitrogens with two attached hydrogens (primary N) is 1. The molecule has 2 N–H and O–H groups in total. The number of rotatable bonds is 3. The van der Waals surface area contributed by atoms with E-state index < -0.39 is 0 Å². The normalized spacial score (nSPS) is 16.8. The van der Waals surface area contributed by atoms with Crippen molar-refractivity contribution in [1.82, 2.24) is 0 Å². The minimum atomic E-state index is 0.120. The summed E-state index contributed by atoms with van der Waals surface area (Å²) in [6, 6.07) is 6.13. The fraction of sp³-hybridized carbons (Fsp3) is 0.462. The molecule has 18 heavy (non-hydrogen) atoms. The minimum absolute atomic E-state index is 0.120. The van der Waals surface area contributed by atoms with Gasteiger partial charge in [-0.2, -0.15) is 0 Å². The second-order valence-electron chi connectivity index (χ2n) is 4.77. The SMILES string of the molecule is CC(N)CCN1CC(=O)N(C)c2ccc(Br)cc21. The summed E-state index contributed by atoms with van der Waals surface area (Å²) in [4.78, 5) is 15.8. The number of halogens is 1. The molecule has 1 aliphatic heterocycles. The van der Waals surface area contributed by atoms with Crippen molar-refractivity contribution in [2.45, 2.75) is 19.4 Å². The van der Waals surface area contributed by atoms with E-state index in [0.29, 0.717) is 6.54 Å². The second kappa shape index (κ2) is 5.28. The Balaban J connectivity index is 2.30. The zero-order valence-corrected chi connectivity index (χ0v) is 12.3. The predicted molar refractivity (Wildman–Crippen MR) is 78.0 cm³/mol. The van der Waals surface area contributed by atoms with E-state index in [0.717, 1.165) is 28.8 Å². The highest BCUT2D eigenvalue weighted by molar-refractivity contribution is 9.10. The van der Waals surface area contributed by atoms with Crippen molar-refractivity contribution >= 4 is 33.2 Å². The van der Waals surface area contributed by atoms with E-state index in [1.165, 1.54) is 0 Å². The number of carbonyl (C=O) groups excluding carboxylic acids is 1. The lowest BCUT2D eigenvalue weighted by molar-refractivity contribution is -0.117. The summed E-state index contributed by atoms with van der Waals surface area (Å²) in [5.74, 6) is 0.120. The molecule has 0 aliphatic carbocycles. The second-order valence-corrected chi connectivity index (χ2v) is 5.69. The van der Waals surface area contributed by atoms with Gasteiger partial charge in [-0.1, -0.05) is 15.9 Å². The third-order valence-corrected chi connectivity index (χ3v) is 3.69. The average molecular weight is 312 g/mol. The first-order valence-corrected chi connectivity index (χ1v) is 6.85. The maximum atomic E-state index is 11.9. The molecular formula is C13H18BrN3O. The van der Waals surface area contributed by atoms with Gasteiger partial charge in [0.25, 0.3) is 0 Å². The van der Waals surface area contributed by atoms with Crippen LogP contribution in [0.25, 0.3) is 0 Å². The van der Waals surface area contributed by atoms with Gasteiger partial charge in [0.15, 0.2) is 0 Å². The summed E-state index contributed by atoms with van der Waals surface area (Å²) in [5.41, 5.74) is 7.84. The number of hydrogen-bond acceptors (Lipinski definition) is 3. The van der Waals surface area contributed by atoms with Crippen LogP contribution in [0.15, 0.2) is 22.7 Å². The Morgan fingerprint density at radius 3 is 2.83 bits per heavy atom. The monoisotopic (exact) mass is 311 g/mol. The molecule has 1 aliphatic rings. The van der Waals surface area contributed by atoms with Crippen LogP contribution >= 0.6 is 15.9 Å². The van der Waals surface area contributed by atoms with Gasteiger partial charge in [-0.25, -0.2) is 0 Å². The fourth-order valence-corrected chi connectivity index (χ4v) is 2.43. The smallest absolute Gasteiger partial charge is 0.246 e. The van der Waals surface area contributed by atoms with Crippen LogP contribution in [0.5, 0.6) is 0 Å². The van der Waals surface area contributed by atoms with E-state index in [4.69, 9.17) is 5.73 Å². The minimum Gasteiger partial charge on any atom is -0.360 e. The van der Waals surface area contributed by atoms with Crippen LogP contribution in [-0.4, -0.2) is 32.1 Å². The molecule has 5 heteroatoms. The molecule has 1 atom stereocenters. The highest BCUT2D eigenvalue weighted by Gasteiger charge is 2.26. The van der Waals surface area contributed by atoms with Crippen LogP contribution in [0.3, 0.4) is 0 Å². The molecule has 1 amide bonds. The number of hydrogen-bond donors (Lipinski definition) is 1. The first kappa shape index (κ1) is 13.4. The fourth-order valence-electron chi connectivity index (χ4n) is 2.08. The number of likely N-dealkylation sites (N-methyl/N-ethyl adjacent to an activating group) is 1. The zero-order valence-electron chi connectivity index (χ0n) is 10.7. The summed E-state index contributed by atoms with van der Waals surface area (Å²) in [6.07, 6.45) is 0.878. The van der Waals surface area contributed by atoms with Gasteiger partial charge in [0.1, 0.15) is 0 Å². The van der Waals surface area contributed by atoms with Crippen LogP contribution in [-0.2, 0) is 4.79 Å². The van der Waals surface area contributed by atoms with Crippen LogP contribution < -0.4 is 15.5 Å². The molecule has 1 aromatic rings. The summed E-state index contributed by atoms with van der Waals surface area (Å²) in [6.45, 7) is 3.22. The van der Waals surface area contributed by atoms with Crippen molar-refractivity contribution in [1.29, 1.82) is 0 Å². The molecule has 0 radical (unpaired) electrons. The molecule has 4 nitrogen and oxygen atoms in total. The first-order valence-electron chi connectivity index (χ1n) is 6.05. The quantitative estimate of drug-likeness (QED) is 0.928. The highest BCUT2D eigenvalue weighted by Crippen LogP contribution is 2.35. The van der Waals surface area contributed by atoms with E-state index in [2.05, 4.69) is 26.9 Å². The van der Waals surface area contributed by atoms with Gasteiger partial charge in [-0.3, -0.25) is 4.79 Å². The van der Waals surface area contributed by atoms with E-state index in [1.54, 1.807) is 4.90 Å². The Bertz CT molecular complexity index is 462. The molecule has 1 aromatic carbocycles. The van der Waals surface area contributed by atoms with E-state index in [1.807, 2.05) is 26.1 Å². The van der Waals surface area contributed by atoms with Crippen molar-refractivity contribution in [2.75, 3.05) is 29.9 Å². The molecule has 0 bridgehead atoms. The Kier molecular flexibility index (Phi) is 3.92. The Hall–Kier alpha value is -1.07. The summed E-state index contributed by atoms with van der Waals surface area (Å²) >= 11 is 3.48. The lowest BCUT2D eigenvalue weighted by Gasteiger charge is -2.36. The number of anilines is 2.